The molecule has 1 heterocycles. The summed E-state index contributed by atoms with van der Waals surface area (Å²) in [6.07, 6.45) is 2.93. The molecule has 106 valence electrons. The molecule has 0 radical (unpaired) electrons. The number of benzene rings is 1. The Morgan fingerprint density at radius 1 is 1.15 bits per heavy atom. The van der Waals surface area contributed by atoms with Crippen LogP contribution in [0.25, 0.3) is 0 Å². The van der Waals surface area contributed by atoms with Crippen LogP contribution in [0, 0.1) is 12.7 Å². The number of pyridine rings is 1. The number of carbonyl (C=O) groups is 1. The quantitative estimate of drug-likeness (QED) is 0.562. The van der Waals surface area contributed by atoms with Crippen molar-refractivity contribution in [3.05, 3.63) is 65.2 Å². The Morgan fingerprint density at radius 2 is 1.80 bits per heavy atom. The number of aromatic nitrogens is 1. The number of halogens is 2. The Balaban J connectivity index is 0.00000200. The van der Waals surface area contributed by atoms with Gasteiger partial charge in [0.05, 0.1) is 0 Å². The third-order valence-corrected chi connectivity index (χ3v) is 3.20. The predicted octanol–water partition coefficient (Wildman–Crippen LogP) is -0.129. The van der Waals surface area contributed by atoms with Crippen LogP contribution >= 0.6 is 0 Å². The van der Waals surface area contributed by atoms with Crippen molar-refractivity contribution in [2.24, 2.45) is 0 Å². The molecule has 0 unspecified atom stereocenters. The summed E-state index contributed by atoms with van der Waals surface area (Å²) in [7, 11) is 0. The molecule has 2 rings (SSSR count). The van der Waals surface area contributed by atoms with E-state index in [0.29, 0.717) is 5.56 Å². The molecule has 0 aliphatic heterocycles. The number of ketones is 1. The fourth-order valence-electron chi connectivity index (χ4n) is 1.93. The van der Waals surface area contributed by atoms with Gasteiger partial charge in [-0.3, -0.25) is 4.79 Å². The maximum Gasteiger partial charge on any atom is 0.227 e. The van der Waals surface area contributed by atoms with Gasteiger partial charge in [-0.25, -0.2) is 4.39 Å². The molecule has 2 aromatic rings. The van der Waals surface area contributed by atoms with Gasteiger partial charge in [-0.1, -0.05) is 6.92 Å². The van der Waals surface area contributed by atoms with Crippen molar-refractivity contribution in [3.8, 4) is 0 Å². The molecule has 4 heteroatoms. The molecule has 0 atom stereocenters. The summed E-state index contributed by atoms with van der Waals surface area (Å²) < 4.78 is 14.8. The first-order valence-electron chi connectivity index (χ1n) is 6.38. The molecular weight excluding hydrogens is 321 g/mol. The molecule has 0 fully saturated rings. The van der Waals surface area contributed by atoms with Crippen molar-refractivity contribution in [2.45, 2.75) is 26.8 Å². The van der Waals surface area contributed by atoms with E-state index < -0.39 is 0 Å². The normalized spacial score (nSPS) is 9.95. The Kier molecular flexibility index (Phi) is 6.02. The predicted molar refractivity (Wildman–Crippen MR) is 71.5 cm³/mol. The van der Waals surface area contributed by atoms with Crippen molar-refractivity contribution in [3.63, 3.8) is 0 Å². The summed E-state index contributed by atoms with van der Waals surface area (Å²) >= 11 is 0. The van der Waals surface area contributed by atoms with Crippen molar-refractivity contribution >= 4 is 5.78 Å². The molecule has 0 saturated heterocycles. The third kappa shape index (κ3) is 3.97. The Labute approximate surface area is 129 Å². The highest BCUT2D eigenvalue weighted by atomic mass is 79.9. The van der Waals surface area contributed by atoms with Gasteiger partial charge in [0.25, 0.3) is 0 Å². The van der Waals surface area contributed by atoms with E-state index in [0.717, 1.165) is 12.1 Å². The first-order valence-corrected chi connectivity index (χ1v) is 6.38. The molecule has 20 heavy (non-hydrogen) atoms. The number of hydrogen-bond donors (Lipinski definition) is 0. The molecule has 1 aromatic heterocycles. The van der Waals surface area contributed by atoms with Crippen molar-refractivity contribution < 1.29 is 30.7 Å². The van der Waals surface area contributed by atoms with E-state index in [2.05, 4.69) is 13.0 Å². The first-order chi connectivity index (χ1) is 9.10. The van der Waals surface area contributed by atoms with E-state index in [1.54, 1.807) is 0 Å². The van der Waals surface area contributed by atoms with Gasteiger partial charge in [0.15, 0.2) is 11.9 Å². The van der Waals surface area contributed by atoms with Gasteiger partial charge in [-0.05, 0) is 36.8 Å². The number of carbonyl (C=O) groups excluding carboxylic acids is 1. The topological polar surface area (TPSA) is 20.9 Å². The van der Waals surface area contributed by atoms with Gasteiger partial charge in [0, 0.05) is 24.1 Å². The van der Waals surface area contributed by atoms with Gasteiger partial charge in [0.2, 0.25) is 12.3 Å². The average molecular weight is 338 g/mol. The number of hydrogen-bond acceptors (Lipinski definition) is 1. The van der Waals surface area contributed by atoms with Gasteiger partial charge < -0.3 is 17.0 Å². The largest absolute Gasteiger partial charge is 1.00 e. The average Bonchev–Trinajstić information content (AvgIpc) is 2.42. The zero-order valence-electron chi connectivity index (χ0n) is 11.6. The van der Waals surface area contributed by atoms with Crippen LogP contribution in [-0.2, 0) is 13.0 Å². The van der Waals surface area contributed by atoms with Gasteiger partial charge in [0.1, 0.15) is 5.82 Å². The summed E-state index contributed by atoms with van der Waals surface area (Å²) in [4.78, 5) is 12.1. The maximum absolute atomic E-state index is 12.8. The van der Waals surface area contributed by atoms with E-state index in [-0.39, 0.29) is 35.1 Å². The highest BCUT2D eigenvalue weighted by Gasteiger charge is 2.15. The van der Waals surface area contributed by atoms with Crippen LogP contribution < -0.4 is 21.5 Å². The minimum atomic E-state index is -0.326. The lowest BCUT2D eigenvalue weighted by atomic mass is 10.1. The zero-order valence-corrected chi connectivity index (χ0v) is 13.2. The highest BCUT2D eigenvalue weighted by molar-refractivity contribution is 5.94. The van der Waals surface area contributed by atoms with Gasteiger partial charge in [-0.15, -0.1) is 0 Å². The molecular formula is C16H17BrFNO. The van der Waals surface area contributed by atoms with Crippen LogP contribution in [0.2, 0.25) is 0 Å². The van der Waals surface area contributed by atoms with Crippen LogP contribution in [-0.4, -0.2) is 5.78 Å². The van der Waals surface area contributed by atoms with E-state index in [9.17, 15) is 9.18 Å². The second-order valence-electron chi connectivity index (χ2n) is 4.59. The first kappa shape index (κ1) is 16.5. The maximum atomic E-state index is 12.8. The summed E-state index contributed by atoms with van der Waals surface area (Å²) in [5.74, 6) is -0.338. The van der Waals surface area contributed by atoms with E-state index in [4.69, 9.17) is 0 Å². The van der Waals surface area contributed by atoms with Crippen LogP contribution in [0.4, 0.5) is 4.39 Å². The lowest BCUT2D eigenvalue weighted by molar-refractivity contribution is -0.689. The number of rotatable bonds is 4. The van der Waals surface area contributed by atoms with Gasteiger partial charge in [-0.2, -0.15) is 4.57 Å². The number of Topliss-reactive ketones (excluding diaryl/α,β-unsaturated/α-hetero) is 1. The van der Waals surface area contributed by atoms with Gasteiger partial charge >= 0.3 is 0 Å². The molecule has 0 aliphatic rings. The standard InChI is InChI=1S/C16H17FNO.BrH/c1-3-13-5-4-12(2)18(10-13)11-16(19)14-6-8-15(17)9-7-14;/h4-10H,3,11H2,1-2H3;1H/q+1;/p-1. The minimum Gasteiger partial charge on any atom is -1.00 e. The molecule has 0 bridgehead atoms. The van der Waals surface area contributed by atoms with Crippen LogP contribution in [0.3, 0.4) is 0 Å². The zero-order chi connectivity index (χ0) is 13.8. The molecule has 0 spiro atoms. The molecule has 0 N–H and O–H groups in total. The number of aryl methyl sites for hydroxylation is 2. The lowest BCUT2D eigenvalue weighted by Gasteiger charge is -2.03. The second-order valence-corrected chi connectivity index (χ2v) is 4.59. The highest BCUT2D eigenvalue weighted by Crippen LogP contribution is 2.05. The summed E-state index contributed by atoms with van der Waals surface area (Å²) in [6.45, 7) is 4.33. The van der Waals surface area contributed by atoms with Crippen LogP contribution in [0.15, 0.2) is 42.6 Å². The Hall–Kier alpha value is -1.55. The SMILES string of the molecule is CCc1ccc(C)[n+](CC(=O)c2ccc(F)cc2)c1.[Br-]. The fourth-order valence-corrected chi connectivity index (χ4v) is 1.93. The van der Waals surface area contributed by atoms with Crippen molar-refractivity contribution in [2.75, 3.05) is 0 Å². The van der Waals surface area contributed by atoms with Crippen LogP contribution in [0.5, 0.6) is 0 Å². The summed E-state index contributed by atoms with van der Waals surface area (Å²) in [5.41, 5.74) is 2.76. The minimum absolute atomic E-state index is 0. The molecule has 2 nitrogen and oxygen atoms in total. The lowest BCUT2D eigenvalue weighted by Crippen LogP contribution is -3.00. The summed E-state index contributed by atoms with van der Waals surface area (Å²) in [6, 6.07) is 9.75. The smallest absolute Gasteiger partial charge is 0.227 e. The Morgan fingerprint density at radius 3 is 2.40 bits per heavy atom. The molecule has 1 aromatic carbocycles. The molecule has 0 aliphatic carbocycles. The third-order valence-electron chi connectivity index (χ3n) is 3.20. The monoisotopic (exact) mass is 337 g/mol. The van der Waals surface area contributed by atoms with E-state index in [1.165, 1.54) is 29.8 Å². The Bertz CT molecular complexity index is 596. The molecule has 0 saturated carbocycles. The summed E-state index contributed by atoms with van der Waals surface area (Å²) in [5, 5.41) is 0. The number of nitrogens with zero attached hydrogens (tertiary/aromatic N) is 1. The van der Waals surface area contributed by atoms with E-state index in [1.807, 2.05) is 23.8 Å². The van der Waals surface area contributed by atoms with E-state index >= 15 is 0 Å². The molecule has 0 amide bonds. The fraction of sp³-hybridized carbons (Fsp3) is 0.250. The second kappa shape index (κ2) is 7.29. The van der Waals surface area contributed by atoms with Crippen molar-refractivity contribution in [1.29, 1.82) is 0 Å². The van der Waals surface area contributed by atoms with Crippen molar-refractivity contribution in [1.82, 2.24) is 0 Å². The van der Waals surface area contributed by atoms with Crippen LogP contribution in [0.1, 0.15) is 28.5 Å².